The average molecular weight is 314 g/mol. The van der Waals surface area contributed by atoms with Gasteiger partial charge >= 0.3 is 0 Å². The fourth-order valence-corrected chi connectivity index (χ4v) is 4.92. The minimum atomic E-state index is 0.100. The molecule has 120 valence electrons. The second kappa shape index (κ2) is 4.60. The van der Waals surface area contributed by atoms with Gasteiger partial charge < -0.3 is 4.98 Å². The first-order valence-electron chi connectivity index (χ1n) is 8.86. The molecule has 0 fully saturated rings. The van der Waals surface area contributed by atoms with Crippen molar-refractivity contribution in [2.45, 2.75) is 32.6 Å². The summed E-state index contributed by atoms with van der Waals surface area (Å²) < 4.78 is 0. The zero-order chi connectivity index (χ0) is 16.5. The number of allylic oxidation sites excluding steroid dienone is 2. The first-order chi connectivity index (χ1) is 11.6. The van der Waals surface area contributed by atoms with Crippen LogP contribution in [0.5, 0.6) is 0 Å². The van der Waals surface area contributed by atoms with E-state index in [0.29, 0.717) is 11.8 Å². The summed E-state index contributed by atoms with van der Waals surface area (Å²) in [6.07, 6.45) is 5.67. The number of H-pyrrole nitrogens is 1. The van der Waals surface area contributed by atoms with E-state index in [4.69, 9.17) is 4.99 Å². The molecular weight excluding hydrogens is 292 g/mol. The fraction of sp³-hybridized carbons (Fsp3) is 0.318. The van der Waals surface area contributed by atoms with E-state index >= 15 is 0 Å². The first kappa shape index (κ1) is 14.0. The van der Waals surface area contributed by atoms with E-state index in [1.54, 1.807) is 0 Å². The third-order valence-electron chi connectivity index (χ3n) is 6.03. The van der Waals surface area contributed by atoms with Crippen LogP contribution in [0.25, 0.3) is 21.8 Å². The van der Waals surface area contributed by atoms with Crippen LogP contribution in [0.3, 0.4) is 0 Å². The van der Waals surface area contributed by atoms with E-state index in [-0.39, 0.29) is 5.41 Å². The SMILES string of the molecule is CC1CC=CC2=Nc3cc4[nH]c5ccccc5c4cc3C(C)(C)C21. The summed E-state index contributed by atoms with van der Waals surface area (Å²) in [4.78, 5) is 8.59. The standard InChI is InChI=1S/C22H22N2/c1-13-7-6-10-18-21(13)22(2,3)16-11-15-14-8-4-5-9-17(14)23-19(15)12-20(16)24-18/h4-6,8-13,21,23H,7H2,1-3H3. The molecule has 0 radical (unpaired) electrons. The van der Waals surface area contributed by atoms with Gasteiger partial charge in [0, 0.05) is 38.9 Å². The molecule has 2 aliphatic rings. The van der Waals surface area contributed by atoms with Crippen LogP contribution in [0.4, 0.5) is 5.69 Å². The molecule has 2 nitrogen and oxygen atoms in total. The molecule has 0 bridgehead atoms. The Bertz CT molecular complexity index is 1030. The topological polar surface area (TPSA) is 28.1 Å². The Balaban J connectivity index is 1.84. The van der Waals surface area contributed by atoms with Gasteiger partial charge in [-0.3, -0.25) is 4.99 Å². The molecule has 5 rings (SSSR count). The van der Waals surface area contributed by atoms with Gasteiger partial charge in [0.05, 0.1) is 5.69 Å². The summed E-state index contributed by atoms with van der Waals surface area (Å²) in [6.45, 7) is 7.14. The van der Waals surface area contributed by atoms with E-state index in [1.165, 1.54) is 33.1 Å². The lowest BCUT2D eigenvalue weighted by molar-refractivity contribution is 0.299. The number of rotatable bonds is 0. The second-order valence-corrected chi connectivity index (χ2v) is 7.94. The van der Waals surface area contributed by atoms with Crippen molar-refractivity contribution in [1.82, 2.24) is 4.98 Å². The lowest BCUT2D eigenvalue weighted by Gasteiger charge is -2.43. The molecule has 24 heavy (non-hydrogen) atoms. The highest BCUT2D eigenvalue weighted by molar-refractivity contribution is 6.10. The van der Waals surface area contributed by atoms with E-state index < -0.39 is 0 Å². The Morgan fingerprint density at radius 2 is 1.92 bits per heavy atom. The molecule has 0 spiro atoms. The number of aromatic amines is 1. The molecule has 1 aliphatic carbocycles. The Kier molecular flexibility index (Phi) is 2.69. The molecule has 2 atom stereocenters. The maximum atomic E-state index is 5.04. The highest BCUT2D eigenvalue weighted by atomic mass is 14.8. The molecule has 2 unspecified atom stereocenters. The van der Waals surface area contributed by atoms with Crippen LogP contribution < -0.4 is 0 Å². The number of nitrogens with zero attached hydrogens (tertiary/aromatic N) is 1. The summed E-state index contributed by atoms with van der Waals surface area (Å²) in [6, 6.07) is 13.2. The number of para-hydroxylation sites is 1. The molecule has 1 N–H and O–H groups in total. The summed E-state index contributed by atoms with van der Waals surface area (Å²) in [5, 5.41) is 2.62. The van der Waals surface area contributed by atoms with Crippen molar-refractivity contribution >= 4 is 33.2 Å². The van der Waals surface area contributed by atoms with Crippen molar-refractivity contribution in [1.29, 1.82) is 0 Å². The van der Waals surface area contributed by atoms with Crippen LogP contribution in [-0.2, 0) is 5.41 Å². The van der Waals surface area contributed by atoms with Gasteiger partial charge in [0.2, 0.25) is 0 Å². The van der Waals surface area contributed by atoms with Gasteiger partial charge in [-0.25, -0.2) is 0 Å². The van der Waals surface area contributed by atoms with Crippen molar-refractivity contribution < 1.29 is 0 Å². The van der Waals surface area contributed by atoms with E-state index in [2.05, 4.69) is 74.3 Å². The third-order valence-corrected chi connectivity index (χ3v) is 6.03. The summed E-state index contributed by atoms with van der Waals surface area (Å²) >= 11 is 0. The maximum Gasteiger partial charge on any atom is 0.0691 e. The number of aliphatic imine (C=N–C) groups is 1. The van der Waals surface area contributed by atoms with Gasteiger partial charge in [0.25, 0.3) is 0 Å². The predicted octanol–water partition coefficient (Wildman–Crippen LogP) is 5.90. The predicted molar refractivity (Wildman–Crippen MR) is 102 cm³/mol. The lowest BCUT2D eigenvalue weighted by Crippen LogP contribution is -2.42. The molecule has 2 aromatic carbocycles. The summed E-state index contributed by atoms with van der Waals surface area (Å²) in [5.74, 6) is 1.13. The fourth-order valence-electron chi connectivity index (χ4n) is 4.92. The highest BCUT2D eigenvalue weighted by Crippen LogP contribution is 2.49. The molecule has 0 saturated carbocycles. The highest BCUT2D eigenvalue weighted by Gasteiger charge is 2.42. The van der Waals surface area contributed by atoms with Gasteiger partial charge in [-0.1, -0.05) is 45.0 Å². The number of nitrogens with one attached hydrogen (secondary N) is 1. The molecule has 2 heteroatoms. The smallest absolute Gasteiger partial charge is 0.0691 e. The van der Waals surface area contributed by atoms with E-state index in [9.17, 15) is 0 Å². The number of aromatic nitrogens is 1. The Morgan fingerprint density at radius 1 is 1.08 bits per heavy atom. The van der Waals surface area contributed by atoms with Crippen molar-refractivity contribution in [3.63, 3.8) is 0 Å². The van der Waals surface area contributed by atoms with Crippen LogP contribution in [0.1, 0.15) is 32.8 Å². The first-order valence-corrected chi connectivity index (χ1v) is 8.86. The molecule has 2 heterocycles. The average Bonchev–Trinajstić information content (AvgIpc) is 2.90. The van der Waals surface area contributed by atoms with E-state index in [0.717, 1.165) is 12.1 Å². The zero-order valence-electron chi connectivity index (χ0n) is 14.4. The summed E-state index contributed by atoms with van der Waals surface area (Å²) in [5.41, 5.74) is 6.25. The summed E-state index contributed by atoms with van der Waals surface area (Å²) in [7, 11) is 0. The van der Waals surface area contributed by atoms with Gasteiger partial charge in [-0.05, 0) is 42.2 Å². The van der Waals surface area contributed by atoms with Gasteiger partial charge in [-0.15, -0.1) is 0 Å². The van der Waals surface area contributed by atoms with Crippen LogP contribution in [0.2, 0.25) is 0 Å². The molecule has 1 aliphatic heterocycles. The maximum absolute atomic E-state index is 5.04. The van der Waals surface area contributed by atoms with Gasteiger partial charge in [0.15, 0.2) is 0 Å². The quantitative estimate of drug-likeness (QED) is 0.535. The number of hydrogen-bond donors (Lipinski definition) is 1. The van der Waals surface area contributed by atoms with Crippen molar-refractivity contribution in [3.05, 3.63) is 54.1 Å². The van der Waals surface area contributed by atoms with Crippen molar-refractivity contribution in [2.75, 3.05) is 0 Å². The van der Waals surface area contributed by atoms with Crippen molar-refractivity contribution in [3.8, 4) is 0 Å². The van der Waals surface area contributed by atoms with Gasteiger partial charge in [-0.2, -0.15) is 0 Å². The lowest BCUT2D eigenvalue weighted by atomic mass is 9.62. The number of benzene rings is 2. The monoisotopic (exact) mass is 314 g/mol. The largest absolute Gasteiger partial charge is 0.354 e. The Labute approximate surface area is 142 Å². The normalized spacial score (nSPS) is 24.7. The van der Waals surface area contributed by atoms with Crippen LogP contribution in [-0.4, -0.2) is 10.7 Å². The zero-order valence-corrected chi connectivity index (χ0v) is 14.4. The van der Waals surface area contributed by atoms with Crippen LogP contribution >= 0.6 is 0 Å². The second-order valence-electron chi connectivity index (χ2n) is 7.94. The minimum absolute atomic E-state index is 0.100. The van der Waals surface area contributed by atoms with Crippen molar-refractivity contribution in [2.24, 2.45) is 16.8 Å². The molecule has 3 aromatic rings. The molecule has 1 aromatic heterocycles. The van der Waals surface area contributed by atoms with Crippen LogP contribution in [0, 0.1) is 11.8 Å². The molecular formula is C22H22N2. The Hall–Kier alpha value is -2.35. The number of fused-ring (bicyclic) bond motifs is 5. The molecule has 0 saturated heterocycles. The van der Waals surface area contributed by atoms with E-state index in [1.807, 2.05) is 0 Å². The Morgan fingerprint density at radius 3 is 2.79 bits per heavy atom. The molecule has 0 amide bonds. The minimum Gasteiger partial charge on any atom is -0.354 e. The van der Waals surface area contributed by atoms with Gasteiger partial charge in [0.1, 0.15) is 0 Å². The number of hydrogen-bond acceptors (Lipinski definition) is 1. The third kappa shape index (κ3) is 1.74. The van der Waals surface area contributed by atoms with Crippen LogP contribution in [0.15, 0.2) is 53.5 Å².